The average molecular weight is 317 g/mol. The third-order valence-electron chi connectivity index (χ3n) is 3.86. The number of likely N-dealkylation sites (tertiary alicyclic amines) is 1. The van der Waals surface area contributed by atoms with E-state index in [0.29, 0.717) is 17.7 Å². The lowest BCUT2D eigenvalue weighted by Crippen LogP contribution is -2.42. The van der Waals surface area contributed by atoms with Crippen LogP contribution in [0.2, 0.25) is 10.0 Å². The molecule has 1 aromatic rings. The van der Waals surface area contributed by atoms with E-state index in [1.165, 1.54) is 0 Å². The molecule has 0 spiro atoms. The molecule has 20 heavy (non-hydrogen) atoms. The molecule has 3 nitrogen and oxygen atoms in total. The van der Waals surface area contributed by atoms with Gasteiger partial charge in [0.05, 0.1) is 6.10 Å². The lowest BCUT2D eigenvalue weighted by Gasteiger charge is -2.37. The van der Waals surface area contributed by atoms with Gasteiger partial charge in [-0.05, 0) is 43.5 Å². The van der Waals surface area contributed by atoms with Crippen molar-refractivity contribution < 1.29 is 4.74 Å². The second kappa shape index (κ2) is 7.62. The number of rotatable bonds is 5. The Bertz CT molecular complexity index is 434. The van der Waals surface area contributed by atoms with Gasteiger partial charge < -0.3 is 10.5 Å². The molecule has 1 aliphatic rings. The van der Waals surface area contributed by atoms with Crippen molar-refractivity contribution in [3.63, 3.8) is 0 Å². The molecule has 2 N–H and O–H groups in total. The van der Waals surface area contributed by atoms with Crippen LogP contribution in [-0.2, 0) is 4.74 Å². The van der Waals surface area contributed by atoms with E-state index in [4.69, 9.17) is 33.7 Å². The molecule has 0 bridgehead atoms. The van der Waals surface area contributed by atoms with Crippen LogP contribution in [0.15, 0.2) is 18.2 Å². The van der Waals surface area contributed by atoms with Crippen LogP contribution in [0, 0.1) is 0 Å². The maximum atomic E-state index is 6.30. The minimum absolute atomic E-state index is 0.128. The lowest BCUT2D eigenvalue weighted by atomic mass is 10.0. The number of halogens is 2. The Balaban J connectivity index is 2.07. The molecule has 1 aliphatic heterocycles. The van der Waals surface area contributed by atoms with Gasteiger partial charge in [0.2, 0.25) is 0 Å². The van der Waals surface area contributed by atoms with Crippen molar-refractivity contribution in [2.24, 2.45) is 5.73 Å². The first-order chi connectivity index (χ1) is 9.65. The van der Waals surface area contributed by atoms with Crippen LogP contribution in [0.3, 0.4) is 0 Å². The molecule has 112 valence electrons. The van der Waals surface area contributed by atoms with Crippen molar-refractivity contribution in [3.05, 3.63) is 33.8 Å². The van der Waals surface area contributed by atoms with Crippen molar-refractivity contribution in [2.75, 3.05) is 26.2 Å². The fourth-order valence-corrected chi connectivity index (χ4v) is 3.26. The standard InChI is InChI=1S/C15H22Cl2N2O/c1-2-20-12-5-7-19(8-6-12)15(10-18)13-9-11(16)3-4-14(13)17/h3-4,9,12,15H,2,5-8,10,18H2,1H3. The highest BCUT2D eigenvalue weighted by molar-refractivity contribution is 6.33. The summed E-state index contributed by atoms with van der Waals surface area (Å²) in [6.45, 7) is 5.33. The monoisotopic (exact) mass is 316 g/mol. The van der Waals surface area contributed by atoms with Crippen LogP contribution < -0.4 is 5.73 Å². The van der Waals surface area contributed by atoms with Gasteiger partial charge in [0.25, 0.3) is 0 Å². The van der Waals surface area contributed by atoms with E-state index in [9.17, 15) is 0 Å². The first kappa shape index (κ1) is 16.1. The molecule has 0 aliphatic carbocycles. The Morgan fingerprint density at radius 3 is 2.65 bits per heavy atom. The largest absolute Gasteiger partial charge is 0.378 e. The highest BCUT2D eigenvalue weighted by Gasteiger charge is 2.26. The summed E-state index contributed by atoms with van der Waals surface area (Å²) in [7, 11) is 0. The smallest absolute Gasteiger partial charge is 0.0599 e. The molecular weight excluding hydrogens is 295 g/mol. The Labute approximate surface area is 131 Å². The maximum Gasteiger partial charge on any atom is 0.0599 e. The molecule has 0 amide bonds. The normalized spacial score (nSPS) is 19.2. The van der Waals surface area contributed by atoms with Gasteiger partial charge in [-0.15, -0.1) is 0 Å². The minimum Gasteiger partial charge on any atom is -0.378 e. The average Bonchev–Trinajstić information content (AvgIpc) is 2.45. The highest BCUT2D eigenvalue weighted by atomic mass is 35.5. The number of hydrogen-bond donors (Lipinski definition) is 1. The summed E-state index contributed by atoms with van der Waals surface area (Å²) in [5.41, 5.74) is 7.00. The van der Waals surface area contributed by atoms with E-state index in [0.717, 1.165) is 43.1 Å². The van der Waals surface area contributed by atoms with Crippen LogP contribution >= 0.6 is 23.2 Å². The quantitative estimate of drug-likeness (QED) is 0.903. The zero-order chi connectivity index (χ0) is 14.5. The summed E-state index contributed by atoms with van der Waals surface area (Å²) in [5, 5.41) is 1.43. The molecule has 1 saturated heterocycles. The predicted molar refractivity (Wildman–Crippen MR) is 84.5 cm³/mol. The van der Waals surface area contributed by atoms with Gasteiger partial charge in [-0.25, -0.2) is 0 Å². The second-order valence-corrected chi connectivity index (χ2v) is 5.95. The summed E-state index contributed by atoms with van der Waals surface area (Å²) in [5.74, 6) is 0. The summed E-state index contributed by atoms with van der Waals surface area (Å²) >= 11 is 12.4. The Morgan fingerprint density at radius 1 is 1.35 bits per heavy atom. The molecule has 1 unspecified atom stereocenters. The third-order valence-corrected chi connectivity index (χ3v) is 4.44. The van der Waals surface area contributed by atoms with Crippen LogP contribution in [0.25, 0.3) is 0 Å². The van der Waals surface area contributed by atoms with Crippen molar-refractivity contribution in [1.82, 2.24) is 4.90 Å². The van der Waals surface area contributed by atoms with Gasteiger partial charge >= 0.3 is 0 Å². The third kappa shape index (κ3) is 3.86. The SMILES string of the molecule is CCOC1CCN(C(CN)c2cc(Cl)ccc2Cl)CC1. The zero-order valence-corrected chi connectivity index (χ0v) is 13.3. The summed E-state index contributed by atoms with van der Waals surface area (Å²) in [4.78, 5) is 2.38. The molecule has 1 heterocycles. The molecule has 2 rings (SSSR count). The van der Waals surface area contributed by atoms with Crippen LogP contribution in [-0.4, -0.2) is 37.2 Å². The van der Waals surface area contributed by atoms with Crippen LogP contribution in [0.5, 0.6) is 0 Å². The molecule has 1 fully saturated rings. The molecule has 5 heteroatoms. The van der Waals surface area contributed by atoms with Gasteiger partial charge in [0.1, 0.15) is 0 Å². The van der Waals surface area contributed by atoms with Gasteiger partial charge in [0, 0.05) is 42.3 Å². The van der Waals surface area contributed by atoms with Crippen LogP contribution in [0.4, 0.5) is 0 Å². The number of ether oxygens (including phenoxy) is 1. The van der Waals surface area contributed by atoms with E-state index in [2.05, 4.69) is 4.90 Å². The van der Waals surface area contributed by atoms with Crippen LogP contribution in [0.1, 0.15) is 31.4 Å². The van der Waals surface area contributed by atoms with Gasteiger partial charge in [-0.3, -0.25) is 4.90 Å². The first-order valence-corrected chi connectivity index (χ1v) is 7.92. The van der Waals surface area contributed by atoms with E-state index in [1.54, 1.807) is 0 Å². The summed E-state index contributed by atoms with van der Waals surface area (Å²) in [6, 6.07) is 5.71. The number of piperidine rings is 1. The first-order valence-electron chi connectivity index (χ1n) is 7.16. The Hall–Kier alpha value is -0.320. The predicted octanol–water partition coefficient (Wildman–Crippen LogP) is 3.49. The number of hydrogen-bond acceptors (Lipinski definition) is 3. The molecule has 1 aromatic carbocycles. The molecular formula is C15H22Cl2N2O. The fraction of sp³-hybridized carbons (Fsp3) is 0.600. The van der Waals surface area contributed by atoms with E-state index >= 15 is 0 Å². The van der Waals surface area contributed by atoms with Gasteiger partial charge in [-0.2, -0.15) is 0 Å². The summed E-state index contributed by atoms with van der Waals surface area (Å²) < 4.78 is 5.69. The topological polar surface area (TPSA) is 38.5 Å². The summed E-state index contributed by atoms with van der Waals surface area (Å²) in [6.07, 6.45) is 2.47. The molecule has 1 atom stereocenters. The van der Waals surface area contributed by atoms with Crippen molar-refractivity contribution in [1.29, 1.82) is 0 Å². The fourth-order valence-electron chi connectivity index (χ4n) is 2.83. The van der Waals surface area contributed by atoms with E-state index in [1.807, 2.05) is 25.1 Å². The van der Waals surface area contributed by atoms with E-state index < -0.39 is 0 Å². The van der Waals surface area contributed by atoms with Gasteiger partial charge in [0.15, 0.2) is 0 Å². The lowest BCUT2D eigenvalue weighted by molar-refractivity contribution is 0.00453. The maximum absolute atomic E-state index is 6.30. The Morgan fingerprint density at radius 2 is 2.05 bits per heavy atom. The minimum atomic E-state index is 0.128. The number of benzene rings is 1. The second-order valence-electron chi connectivity index (χ2n) is 5.11. The number of nitrogens with zero attached hydrogens (tertiary/aromatic N) is 1. The van der Waals surface area contributed by atoms with Crippen molar-refractivity contribution in [3.8, 4) is 0 Å². The molecule has 0 aromatic heterocycles. The Kier molecular flexibility index (Phi) is 6.12. The van der Waals surface area contributed by atoms with Crippen molar-refractivity contribution >= 4 is 23.2 Å². The molecule has 0 radical (unpaired) electrons. The van der Waals surface area contributed by atoms with Crippen molar-refractivity contribution in [2.45, 2.75) is 31.9 Å². The van der Waals surface area contributed by atoms with E-state index in [-0.39, 0.29) is 6.04 Å². The zero-order valence-electron chi connectivity index (χ0n) is 11.8. The highest BCUT2D eigenvalue weighted by Crippen LogP contribution is 2.31. The number of nitrogens with two attached hydrogens (primary N) is 1. The van der Waals surface area contributed by atoms with Gasteiger partial charge in [-0.1, -0.05) is 23.2 Å². The molecule has 0 saturated carbocycles.